The second-order valence-corrected chi connectivity index (χ2v) is 12.4. The minimum absolute atomic E-state index is 0.0631. The monoisotopic (exact) mass is 613 g/mol. The minimum atomic E-state index is -4.51. The summed E-state index contributed by atoms with van der Waals surface area (Å²) in [5, 5.41) is 9.18. The molecule has 0 saturated heterocycles. The fraction of sp³-hybridized carbons (Fsp3) is 0.406. The van der Waals surface area contributed by atoms with Crippen LogP contribution >= 0.6 is 11.6 Å². The lowest BCUT2D eigenvalue weighted by Gasteiger charge is -2.34. The normalized spacial score (nSPS) is 19.3. The number of carbonyl (C=O) groups excluding carboxylic acids is 1. The molecule has 0 radical (unpaired) electrons. The molecule has 3 N–H and O–H groups in total. The van der Waals surface area contributed by atoms with Gasteiger partial charge in [-0.15, -0.1) is 0 Å². The Kier molecular flexibility index (Phi) is 8.99. The predicted octanol–water partition coefficient (Wildman–Crippen LogP) is 8.08. The van der Waals surface area contributed by atoms with Gasteiger partial charge in [-0.05, 0) is 81.7 Å². The van der Waals surface area contributed by atoms with E-state index in [2.05, 4.69) is 33.1 Å². The van der Waals surface area contributed by atoms with Crippen molar-refractivity contribution >= 4 is 34.9 Å². The van der Waals surface area contributed by atoms with Crippen LogP contribution in [0.5, 0.6) is 0 Å². The lowest BCUT2D eigenvalue weighted by molar-refractivity contribution is -0.160. The molecule has 2 aliphatic rings. The Morgan fingerprint density at radius 2 is 1.77 bits per heavy atom. The highest BCUT2D eigenvalue weighted by atomic mass is 35.5. The Hall–Kier alpha value is -3.63. The van der Waals surface area contributed by atoms with Gasteiger partial charge in [0.05, 0.1) is 16.9 Å². The number of nitrogens with one attached hydrogen (secondary N) is 3. The molecule has 1 saturated carbocycles. The number of nitrogens with zero attached hydrogens (tertiary/aromatic N) is 2. The average molecular weight is 614 g/mol. The number of hydrogen-bond acceptors (Lipinski definition) is 6. The van der Waals surface area contributed by atoms with Gasteiger partial charge in [-0.2, -0.15) is 13.2 Å². The third-order valence-corrected chi connectivity index (χ3v) is 7.74. The van der Waals surface area contributed by atoms with Gasteiger partial charge in [0.25, 0.3) is 0 Å². The fourth-order valence-corrected chi connectivity index (χ4v) is 5.78. The highest BCUT2D eigenvalue weighted by Crippen LogP contribution is 2.37. The van der Waals surface area contributed by atoms with Crippen LogP contribution in [0.25, 0.3) is 5.57 Å². The second kappa shape index (κ2) is 12.5. The van der Waals surface area contributed by atoms with E-state index in [0.29, 0.717) is 35.2 Å². The van der Waals surface area contributed by atoms with Crippen LogP contribution in [0.2, 0.25) is 5.02 Å². The van der Waals surface area contributed by atoms with Crippen molar-refractivity contribution in [2.75, 3.05) is 10.6 Å². The summed E-state index contributed by atoms with van der Waals surface area (Å²) in [6.45, 7) is 5.19. The first kappa shape index (κ1) is 30.8. The summed E-state index contributed by atoms with van der Waals surface area (Å²) >= 11 is 6.49. The molecular formula is C32H35ClF3N5O2. The van der Waals surface area contributed by atoms with Crippen molar-refractivity contribution in [1.82, 2.24) is 15.3 Å². The van der Waals surface area contributed by atoms with Crippen LogP contribution in [0.1, 0.15) is 74.9 Å². The van der Waals surface area contributed by atoms with Crippen LogP contribution < -0.4 is 16.0 Å². The van der Waals surface area contributed by atoms with Gasteiger partial charge in [0, 0.05) is 23.3 Å². The van der Waals surface area contributed by atoms with Crippen molar-refractivity contribution in [2.24, 2.45) is 0 Å². The molecule has 0 bridgehead atoms. The Morgan fingerprint density at radius 3 is 2.49 bits per heavy atom. The van der Waals surface area contributed by atoms with E-state index in [1.54, 1.807) is 27.0 Å². The highest BCUT2D eigenvalue weighted by molar-refractivity contribution is 6.32. The molecule has 0 spiro atoms. The third kappa shape index (κ3) is 7.86. The summed E-state index contributed by atoms with van der Waals surface area (Å²) in [5.74, 6) is 0.399. The van der Waals surface area contributed by atoms with Crippen molar-refractivity contribution in [1.29, 1.82) is 0 Å². The van der Waals surface area contributed by atoms with Crippen LogP contribution in [0, 0.1) is 0 Å². The van der Waals surface area contributed by atoms with Gasteiger partial charge in [-0.3, -0.25) is 10.6 Å². The first-order chi connectivity index (χ1) is 20.4. The van der Waals surface area contributed by atoms with Crippen LogP contribution in [-0.2, 0) is 11.2 Å². The number of allylic oxidation sites excluding steroid dienone is 1. The van der Waals surface area contributed by atoms with E-state index in [0.717, 1.165) is 30.4 Å². The van der Waals surface area contributed by atoms with Gasteiger partial charge in [-0.1, -0.05) is 54.1 Å². The summed E-state index contributed by atoms with van der Waals surface area (Å²) in [7, 11) is 0. The molecule has 11 heteroatoms. The number of benzene rings is 2. The lowest BCUT2D eigenvalue weighted by atomic mass is 9.90. The van der Waals surface area contributed by atoms with Crippen LogP contribution in [0.4, 0.5) is 29.6 Å². The number of rotatable bonds is 7. The molecule has 2 aromatic carbocycles. The van der Waals surface area contributed by atoms with E-state index in [9.17, 15) is 18.0 Å². The number of halogens is 4. The maximum atomic E-state index is 14.2. The zero-order chi connectivity index (χ0) is 30.8. The predicted molar refractivity (Wildman–Crippen MR) is 162 cm³/mol. The zero-order valence-corrected chi connectivity index (χ0v) is 25.0. The van der Waals surface area contributed by atoms with Gasteiger partial charge >= 0.3 is 12.3 Å². The molecule has 2 aliphatic carbocycles. The number of amides is 1. The van der Waals surface area contributed by atoms with Crippen molar-refractivity contribution in [3.63, 3.8) is 0 Å². The molecular weight excluding hydrogens is 579 g/mol. The van der Waals surface area contributed by atoms with E-state index in [4.69, 9.17) is 21.3 Å². The number of alkyl halides is 3. The summed E-state index contributed by atoms with van der Waals surface area (Å²) < 4.78 is 47.9. The van der Waals surface area contributed by atoms with Gasteiger partial charge < -0.3 is 10.1 Å². The van der Waals surface area contributed by atoms with E-state index in [1.807, 2.05) is 18.2 Å². The Labute approximate surface area is 254 Å². The highest BCUT2D eigenvalue weighted by Gasteiger charge is 2.42. The zero-order valence-electron chi connectivity index (χ0n) is 24.3. The molecule has 228 valence electrons. The standard InChI is InChI=1S/C32H35ClF3N5O2/c1-31(2,3)43-30(42)40-21-14-11-20(12-15-21)28(32(34,35)36)38-22-8-6-9-23(17-22)39-29-37-18-26(33)27(41-29)25-16-13-19-7-4-5-10-24(19)25/h4-5,7,10-12,14-16,18,22-23,28,38H,6,8-9,13,17H2,1-3H3,(H,40,42)(H,37,39,41)/t22-,23+,28+/m0/s1. The van der Waals surface area contributed by atoms with Crippen LogP contribution in [0.3, 0.4) is 0 Å². The summed E-state index contributed by atoms with van der Waals surface area (Å²) in [6.07, 6.45) is 1.89. The number of hydrogen-bond donors (Lipinski definition) is 3. The number of fused-ring (bicyclic) bond motifs is 1. The molecule has 43 heavy (non-hydrogen) atoms. The Bertz CT molecular complexity index is 1490. The van der Waals surface area contributed by atoms with Crippen LogP contribution in [0.15, 0.2) is 60.8 Å². The molecule has 1 amide bonds. The molecule has 0 aliphatic heterocycles. The smallest absolute Gasteiger partial charge is 0.412 e. The maximum Gasteiger partial charge on any atom is 0.412 e. The van der Waals surface area contributed by atoms with Gasteiger partial charge in [0.15, 0.2) is 0 Å². The SMILES string of the molecule is CC(C)(C)OC(=O)Nc1ccc([C@@H](N[C@H]2CCC[C@@H](Nc3ncc(Cl)c(C4=CCc5ccccc54)n3)C2)C(F)(F)F)cc1. The topological polar surface area (TPSA) is 88.2 Å². The van der Waals surface area contributed by atoms with E-state index in [1.165, 1.54) is 29.8 Å². The molecule has 1 heterocycles. The molecule has 1 aromatic heterocycles. The van der Waals surface area contributed by atoms with Gasteiger partial charge in [0.1, 0.15) is 11.6 Å². The molecule has 7 nitrogen and oxygen atoms in total. The fourth-order valence-electron chi connectivity index (χ4n) is 5.58. The Morgan fingerprint density at radius 1 is 1.05 bits per heavy atom. The van der Waals surface area contributed by atoms with Crippen molar-refractivity contribution < 1.29 is 22.7 Å². The molecule has 1 fully saturated rings. The number of aromatic nitrogens is 2. The van der Waals surface area contributed by atoms with Gasteiger partial charge in [0.2, 0.25) is 5.95 Å². The summed E-state index contributed by atoms with van der Waals surface area (Å²) in [5.41, 5.74) is 3.60. The maximum absolute atomic E-state index is 14.2. The minimum Gasteiger partial charge on any atom is -0.444 e. The number of carbonyl (C=O) groups is 1. The summed E-state index contributed by atoms with van der Waals surface area (Å²) in [4.78, 5) is 21.1. The summed E-state index contributed by atoms with van der Waals surface area (Å²) in [6, 6.07) is 11.4. The molecule has 3 atom stereocenters. The van der Waals surface area contributed by atoms with Crippen molar-refractivity contribution in [2.45, 2.75) is 82.8 Å². The third-order valence-electron chi connectivity index (χ3n) is 7.46. The first-order valence-electron chi connectivity index (χ1n) is 14.4. The van der Waals surface area contributed by atoms with Crippen molar-refractivity contribution in [3.05, 3.63) is 88.2 Å². The number of anilines is 2. The van der Waals surface area contributed by atoms with E-state index in [-0.39, 0.29) is 17.6 Å². The largest absolute Gasteiger partial charge is 0.444 e. The van der Waals surface area contributed by atoms with E-state index >= 15 is 0 Å². The lowest BCUT2D eigenvalue weighted by Crippen LogP contribution is -2.45. The van der Waals surface area contributed by atoms with Gasteiger partial charge in [-0.25, -0.2) is 14.8 Å². The Balaban J connectivity index is 1.24. The molecule has 3 aromatic rings. The average Bonchev–Trinajstić information content (AvgIpc) is 3.36. The first-order valence-corrected chi connectivity index (χ1v) is 14.7. The number of ether oxygens (including phenoxy) is 1. The van der Waals surface area contributed by atoms with Crippen LogP contribution in [-0.4, -0.2) is 39.9 Å². The van der Waals surface area contributed by atoms with Crippen molar-refractivity contribution in [3.8, 4) is 0 Å². The molecule has 0 unspecified atom stereocenters. The molecule has 5 rings (SSSR count). The second-order valence-electron chi connectivity index (χ2n) is 12.0. The van der Waals surface area contributed by atoms with E-state index < -0.39 is 23.9 Å². The quantitative estimate of drug-likeness (QED) is 0.250.